The molecule has 0 bridgehead atoms. The molecule has 0 fully saturated rings. The van der Waals surface area contributed by atoms with Crippen LogP contribution in [0.2, 0.25) is 0 Å². The Kier molecular flexibility index (Phi) is 67.0. The van der Waals surface area contributed by atoms with Gasteiger partial charge in [-0.25, -0.2) is 0 Å². The van der Waals surface area contributed by atoms with Crippen LogP contribution < -0.4 is 10.2 Å². The summed E-state index contributed by atoms with van der Waals surface area (Å²) in [5, 5.41) is 17.5. The second-order valence-corrected chi connectivity index (χ2v) is 0.704. The fourth-order valence-corrected chi connectivity index (χ4v) is 0. The molecule has 0 aromatic carbocycles. The zero-order chi connectivity index (χ0) is 5.41. The zero-order valence-electron chi connectivity index (χ0n) is 4.94. The van der Waals surface area contributed by atoms with E-state index >= 15 is 0 Å². The molecule has 0 saturated heterocycles. The molecular formula is C4H10MgO2. The first-order chi connectivity index (χ1) is 2.91. The molecule has 0 amide bonds. The molecule has 7 heavy (non-hydrogen) atoms. The predicted octanol–water partition coefficient (Wildman–Crippen LogP) is -1.65. The van der Waals surface area contributed by atoms with Gasteiger partial charge in [0.1, 0.15) is 0 Å². The van der Waals surface area contributed by atoms with Gasteiger partial charge >= 0.3 is 23.1 Å². The van der Waals surface area contributed by atoms with E-state index in [0.717, 1.165) is 13.5 Å². The Morgan fingerprint density at radius 1 is 1.29 bits per heavy atom. The molecule has 0 aromatic rings. The van der Waals surface area contributed by atoms with Crippen molar-refractivity contribution in [3.05, 3.63) is 0 Å². The maximum atomic E-state index is 9.30. The summed E-state index contributed by atoms with van der Waals surface area (Å²) < 4.78 is 0. The van der Waals surface area contributed by atoms with Gasteiger partial charge in [-0.1, -0.05) is 13.3 Å². The molecule has 3 heteroatoms. The molecule has 0 aliphatic rings. The molecule has 2 nitrogen and oxygen atoms in total. The molecule has 0 saturated carbocycles. The molecule has 0 heterocycles. The molecule has 0 spiro atoms. The largest absolute Gasteiger partial charge is 2.00 e. The first-order valence-electron chi connectivity index (χ1n) is 1.90. The van der Waals surface area contributed by atoms with Crippen LogP contribution in [0.1, 0.15) is 13.3 Å². The Hall–Kier alpha value is 0.686. The van der Waals surface area contributed by atoms with Gasteiger partial charge in [0.2, 0.25) is 0 Å². The summed E-state index contributed by atoms with van der Waals surface area (Å²) in [6, 6.07) is 0. The van der Waals surface area contributed by atoms with E-state index in [9.17, 15) is 5.11 Å². The van der Waals surface area contributed by atoms with Gasteiger partial charge in [0.05, 0.1) is 0 Å². The molecule has 0 rings (SSSR count). The zero-order valence-corrected chi connectivity index (χ0v) is 6.35. The van der Waals surface area contributed by atoms with Crippen LogP contribution in [0, 0.1) is 0 Å². The van der Waals surface area contributed by atoms with Gasteiger partial charge in [-0.3, -0.25) is 0 Å². The molecular weight excluding hydrogens is 104 g/mol. The van der Waals surface area contributed by atoms with Crippen molar-refractivity contribution in [2.75, 3.05) is 13.7 Å². The number of rotatable bonds is 1. The minimum atomic E-state index is 0. The van der Waals surface area contributed by atoms with Gasteiger partial charge < -0.3 is 10.2 Å². The summed E-state index contributed by atoms with van der Waals surface area (Å²) in [5.74, 6) is 0. The van der Waals surface area contributed by atoms with E-state index in [-0.39, 0.29) is 29.7 Å². The Labute approximate surface area is 60.7 Å². The minimum Gasteiger partial charge on any atom is -0.857 e. The van der Waals surface area contributed by atoms with Crippen molar-refractivity contribution in [2.45, 2.75) is 13.3 Å². The van der Waals surface area contributed by atoms with E-state index in [1.54, 1.807) is 0 Å². The minimum absolute atomic E-state index is 0. The third-order valence-corrected chi connectivity index (χ3v) is 0.204. The van der Waals surface area contributed by atoms with Crippen LogP contribution in [0.15, 0.2) is 0 Å². The Balaban J connectivity index is -0.0000000480. The summed E-state index contributed by atoms with van der Waals surface area (Å²) in [6.45, 7) is 1.94. The second-order valence-electron chi connectivity index (χ2n) is 0.704. The third kappa shape index (κ3) is 51.6. The smallest absolute Gasteiger partial charge is 0.857 e. The number of hydrogen-bond donors (Lipinski definition) is 0. The van der Waals surface area contributed by atoms with Gasteiger partial charge in [-0.05, 0) is 0 Å². The summed E-state index contributed by atoms with van der Waals surface area (Å²) in [4.78, 5) is 0. The predicted molar refractivity (Wildman–Crippen MR) is 26.8 cm³/mol. The van der Waals surface area contributed by atoms with Crippen LogP contribution in [0.5, 0.6) is 0 Å². The molecule has 0 radical (unpaired) electrons. The van der Waals surface area contributed by atoms with E-state index in [2.05, 4.69) is 0 Å². The first-order valence-corrected chi connectivity index (χ1v) is 1.90. The molecule has 40 valence electrons. The van der Waals surface area contributed by atoms with E-state index in [0.29, 0.717) is 0 Å². The monoisotopic (exact) mass is 114 g/mol. The Morgan fingerprint density at radius 3 is 1.43 bits per heavy atom. The fraction of sp³-hybridized carbons (Fsp3) is 1.00. The topological polar surface area (TPSA) is 46.1 Å². The maximum Gasteiger partial charge on any atom is 2.00 e. The summed E-state index contributed by atoms with van der Waals surface area (Å²) in [7, 11) is 0.750. The SMILES string of the molecule is CCC[O-].C[O-].[Mg+2]. The molecule has 0 aliphatic carbocycles. The summed E-state index contributed by atoms with van der Waals surface area (Å²) in [5.41, 5.74) is 0. The average Bonchev–Trinajstić information content (AvgIpc) is 1.72. The van der Waals surface area contributed by atoms with Crippen molar-refractivity contribution in [3.8, 4) is 0 Å². The van der Waals surface area contributed by atoms with Crippen LogP contribution in [0.25, 0.3) is 0 Å². The second kappa shape index (κ2) is 30.0. The Morgan fingerprint density at radius 2 is 1.43 bits per heavy atom. The van der Waals surface area contributed by atoms with Crippen molar-refractivity contribution in [3.63, 3.8) is 0 Å². The normalized spacial score (nSPS) is 5.14. The average molecular weight is 114 g/mol. The maximum absolute atomic E-state index is 9.30. The van der Waals surface area contributed by atoms with Crippen molar-refractivity contribution >= 4 is 23.1 Å². The van der Waals surface area contributed by atoms with Gasteiger partial charge in [-0.15, -0.1) is 6.61 Å². The van der Waals surface area contributed by atoms with E-state index in [4.69, 9.17) is 5.11 Å². The van der Waals surface area contributed by atoms with Crippen molar-refractivity contribution in [1.29, 1.82) is 0 Å². The van der Waals surface area contributed by atoms with Gasteiger partial charge in [0.25, 0.3) is 0 Å². The molecule has 0 atom stereocenters. The van der Waals surface area contributed by atoms with Gasteiger partial charge in [-0.2, -0.15) is 7.11 Å². The van der Waals surface area contributed by atoms with Crippen LogP contribution >= 0.6 is 0 Å². The quantitative estimate of drug-likeness (QED) is 0.384. The standard InChI is InChI=1S/C3H7O.CH3O.Mg/c1-2-3-4;1-2;/h2-3H2,1H3;1H3;/q2*-1;+2. The van der Waals surface area contributed by atoms with Crippen molar-refractivity contribution < 1.29 is 10.2 Å². The van der Waals surface area contributed by atoms with Crippen LogP contribution in [0.4, 0.5) is 0 Å². The molecule has 0 aliphatic heterocycles. The first kappa shape index (κ1) is 15.6. The van der Waals surface area contributed by atoms with Crippen LogP contribution in [-0.4, -0.2) is 36.8 Å². The third-order valence-electron chi connectivity index (χ3n) is 0.204. The summed E-state index contributed by atoms with van der Waals surface area (Å²) >= 11 is 0. The van der Waals surface area contributed by atoms with E-state index in [1.165, 1.54) is 0 Å². The summed E-state index contributed by atoms with van der Waals surface area (Å²) in [6.07, 6.45) is 0.764. The van der Waals surface area contributed by atoms with Crippen LogP contribution in [-0.2, 0) is 0 Å². The fourth-order valence-electron chi connectivity index (χ4n) is 0. The van der Waals surface area contributed by atoms with E-state index in [1.807, 2.05) is 6.92 Å². The van der Waals surface area contributed by atoms with Crippen molar-refractivity contribution in [2.24, 2.45) is 0 Å². The molecule has 0 unspecified atom stereocenters. The van der Waals surface area contributed by atoms with Gasteiger partial charge in [0.15, 0.2) is 0 Å². The molecule has 0 aromatic heterocycles. The van der Waals surface area contributed by atoms with Crippen LogP contribution in [0.3, 0.4) is 0 Å². The van der Waals surface area contributed by atoms with Crippen molar-refractivity contribution in [1.82, 2.24) is 0 Å². The van der Waals surface area contributed by atoms with Gasteiger partial charge in [0, 0.05) is 0 Å². The van der Waals surface area contributed by atoms with E-state index < -0.39 is 0 Å². The Bertz CT molecular complexity index is 11.7. The number of hydrogen-bond acceptors (Lipinski definition) is 2. The molecule has 0 N–H and O–H groups in total.